The van der Waals surface area contributed by atoms with Crippen LogP contribution in [0.1, 0.15) is 22.4 Å². The number of H-pyrrole nitrogens is 1. The number of anilines is 1. The number of piperazine rings is 1. The maximum absolute atomic E-state index is 9.52. The number of quaternary nitrogens is 1. The molecular weight excluding hydrogens is 348 g/mol. The average molecular weight is 373 g/mol. The van der Waals surface area contributed by atoms with Gasteiger partial charge in [-0.15, -0.1) is 0 Å². The van der Waals surface area contributed by atoms with Crippen LogP contribution in [0.25, 0.3) is 0 Å². The van der Waals surface area contributed by atoms with Crippen LogP contribution in [0.4, 0.5) is 5.82 Å². The van der Waals surface area contributed by atoms with E-state index in [4.69, 9.17) is 16.3 Å². The molecule has 0 spiro atoms. The summed E-state index contributed by atoms with van der Waals surface area (Å²) in [5.41, 5.74) is 3.99. The number of pyridine rings is 1. The van der Waals surface area contributed by atoms with Crippen molar-refractivity contribution in [1.82, 2.24) is 0 Å². The maximum Gasteiger partial charge on any atom is 0.293 e. The van der Waals surface area contributed by atoms with Gasteiger partial charge in [-0.2, -0.15) is 5.26 Å². The third-order valence-corrected chi connectivity index (χ3v) is 5.20. The summed E-state index contributed by atoms with van der Waals surface area (Å²) < 4.78 is 5.47. The summed E-state index contributed by atoms with van der Waals surface area (Å²) in [6.45, 7) is 8.74. The van der Waals surface area contributed by atoms with Gasteiger partial charge in [0.25, 0.3) is 5.82 Å². The Morgan fingerprint density at radius 1 is 1.27 bits per heavy atom. The summed E-state index contributed by atoms with van der Waals surface area (Å²) in [5, 5.41) is 10.3. The van der Waals surface area contributed by atoms with E-state index < -0.39 is 0 Å². The second-order valence-corrected chi connectivity index (χ2v) is 7.28. The number of ether oxygens (including phenoxy) is 1. The zero-order chi connectivity index (χ0) is 18.7. The molecule has 0 saturated carbocycles. The minimum Gasteiger partial charge on any atom is -0.496 e. The molecular formula is C20H25ClN4O+2. The van der Waals surface area contributed by atoms with E-state index in [1.54, 1.807) is 7.11 Å². The summed E-state index contributed by atoms with van der Waals surface area (Å²) in [5.74, 6) is 1.84. The molecule has 6 heteroatoms. The lowest BCUT2D eigenvalue weighted by molar-refractivity contribution is -0.914. The van der Waals surface area contributed by atoms with Gasteiger partial charge in [0.2, 0.25) is 0 Å². The molecule has 1 aliphatic heterocycles. The van der Waals surface area contributed by atoms with Crippen molar-refractivity contribution in [3.05, 3.63) is 51.7 Å². The van der Waals surface area contributed by atoms with Crippen LogP contribution >= 0.6 is 11.6 Å². The van der Waals surface area contributed by atoms with E-state index in [0.29, 0.717) is 0 Å². The summed E-state index contributed by atoms with van der Waals surface area (Å²) in [4.78, 5) is 7.16. The van der Waals surface area contributed by atoms with E-state index in [9.17, 15) is 5.26 Å². The minimum absolute atomic E-state index is 0.738. The van der Waals surface area contributed by atoms with Crippen LogP contribution in [-0.2, 0) is 6.54 Å². The number of nitrogens with one attached hydrogen (secondary N) is 2. The lowest BCUT2D eigenvalue weighted by atomic mass is 10.1. The Morgan fingerprint density at radius 3 is 2.65 bits per heavy atom. The van der Waals surface area contributed by atoms with Gasteiger partial charge in [-0.3, -0.25) is 0 Å². The minimum atomic E-state index is 0.738. The normalized spacial score (nSPS) is 15.0. The zero-order valence-corrected chi connectivity index (χ0v) is 16.3. The molecule has 26 heavy (non-hydrogen) atoms. The second-order valence-electron chi connectivity index (χ2n) is 6.84. The Labute approximate surface area is 159 Å². The van der Waals surface area contributed by atoms with Gasteiger partial charge in [0.05, 0.1) is 12.8 Å². The molecule has 3 rings (SSSR count). The van der Waals surface area contributed by atoms with Crippen LogP contribution in [0.3, 0.4) is 0 Å². The Hall–Kier alpha value is -2.29. The van der Waals surface area contributed by atoms with Crippen molar-refractivity contribution in [2.24, 2.45) is 0 Å². The molecule has 1 aromatic heterocycles. The van der Waals surface area contributed by atoms with Crippen molar-refractivity contribution in [2.45, 2.75) is 20.4 Å². The number of aromatic amines is 1. The Kier molecular flexibility index (Phi) is 5.65. The van der Waals surface area contributed by atoms with E-state index in [0.717, 1.165) is 71.7 Å². The number of nitrogens with zero attached hydrogens (tertiary/aromatic N) is 2. The predicted octanol–water partition coefficient (Wildman–Crippen LogP) is 1.56. The van der Waals surface area contributed by atoms with Crippen molar-refractivity contribution in [2.75, 3.05) is 38.2 Å². The molecule has 0 aliphatic carbocycles. The van der Waals surface area contributed by atoms with Gasteiger partial charge in [-0.1, -0.05) is 11.6 Å². The number of rotatable bonds is 4. The highest BCUT2D eigenvalue weighted by Crippen LogP contribution is 2.22. The number of methoxy groups -OCH3 is 1. The van der Waals surface area contributed by atoms with Crippen molar-refractivity contribution >= 4 is 17.4 Å². The number of aromatic nitrogens is 1. The quantitative estimate of drug-likeness (QED) is 0.886. The monoisotopic (exact) mass is 372 g/mol. The van der Waals surface area contributed by atoms with E-state index in [1.807, 2.05) is 38.1 Å². The van der Waals surface area contributed by atoms with Gasteiger partial charge in [-0.25, -0.2) is 9.88 Å². The highest BCUT2D eigenvalue weighted by Gasteiger charge is 2.30. The van der Waals surface area contributed by atoms with E-state index >= 15 is 0 Å². The molecule has 0 atom stereocenters. The van der Waals surface area contributed by atoms with E-state index in [1.165, 1.54) is 4.90 Å². The SMILES string of the molecule is COc1ccc(Cl)cc1C[NH+]1CCN(c2[nH+]c(C)cc(C)c2C#N)CC1. The maximum atomic E-state index is 9.52. The molecule has 1 aromatic carbocycles. The first kappa shape index (κ1) is 18.5. The fraction of sp³-hybridized carbons (Fsp3) is 0.400. The molecule has 0 radical (unpaired) electrons. The lowest BCUT2D eigenvalue weighted by Gasteiger charge is -2.29. The van der Waals surface area contributed by atoms with E-state index in [2.05, 4.69) is 16.0 Å². The third-order valence-electron chi connectivity index (χ3n) is 4.96. The summed E-state index contributed by atoms with van der Waals surface area (Å²) in [6.07, 6.45) is 0. The van der Waals surface area contributed by atoms with Gasteiger partial charge in [0.1, 0.15) is 50.1 Å². The largest absolute Gasteiger partial charge is 0.496 e. The van der Waals surface area contributed by atoms with Crippen LogP contribution in [0.2, 0.25) is 5.02 Å². The summed E-state index contributed by atoms with van der Waals surface area (Å²) in [6, 6.07) is 10.1. The highest BCUT2D eigenvalue weighted by molar-refractivity contribution is 6.30. The molecule has 2 N–H and O–H groups in total. The average Bonchev–Trinajstić information content (AvgIpc) is 2.62. The van der Waals surface area contributed by atoms with Crippen LogP contribution in [-0.4, -0.2) is 33.3 Å². The first-order chi connectivity index (χ1) is 12.5. The van der Waals surface area contributed by atoms with Gasteiger partial charge in [0.15, 0.2) is 0 Å². The molecule has 1 saturated heterocycles. The first-order valence-corrected chi connectivity index (χ1v) is 9.24. The van der Waals surface area contributed by atoms with Crippen molar-refractivity contribution < 1.29 is 14.6 Å². The van der Waals surface area contributed by atoms with Crippen LogP contribution < -0.4 is 19.5 Å². The van der Waals surface area contributed by atoms with Crippen LogP contribution in [0.5, 0.6) is 5.75 Å². The van der Waals surface area contributed by atoms with Crippen LogP contribution in [0.15, 0.2) is 24.3 Å². The highest BCUT2D eigenvalue weighted by atomic mass is 35.5. The molecule has 0 amide bonds. The molecule has 5 nitrogen and oxygen atoms in total. The Balaban J connectivity index is 1.71. The Morgan fingerprint density at radius 2 is 2.00 bits per heavy atom. The topological polar surface area (TPSA) is 54.8 Å². The Bertz CT molecular complexity index is 838. The predicted molar refractivity (Wildman–Crippen MR) is 102 cm³/mol. The summed E-state index contributed by atoms with van der Waals surface area (Å²) >= 11 is 6.15. The van der Waals surface area contributed by atoms with Gasteiger partial charge >= 0.3 is 0 Å². The smallest absolute Gasteiger partial charge is 0.293 e. The molecule has 2 heterocycles. The van der Waals surface area contributed by atoms with Crippen molar-refractivity contribution in [3.63, 3.8) is 0 Å². The molecule has 0 unspecified atom stereocenters. The van der Waals surface area contributed by atoms with Crippen molar-refractivity contribution in [1.29, 1.82) is 5.26 Å². The van der Waals surface area contributed by atoms with E-state index in [-0.39, 0.29) is 0 Å². The molecule has 1 aliphatic rings. The van der Waals surface area contributed by atoms with Crippen molar-refractivity contribution in [3.8, 4) is 11.8 Å². The number of aryl methyl sites for hydroxylation is 2. The number of halogens is 1. The standard InChI is InChI=1S/C20H23ClN4O/c1-14-10-15(2)23-20(18(14)12-22)25-8-6-24(7-9-25)13-16-11-17(21)4-5-19(16)26-3/h4-5,10-11H,6-9,13H2,1-3H3/p+2. The third kappa shape index (κ3) is 3.92. The van der Waals surface area contributed by atoms with Crippen LogP contribution in [0, 0.1) is 25.2 Å². The zero-order valence-electron chi connectivity index (χ0n) is 15.5. The van der Waals surface area contributed by atoms with Gasteiger partial charge < -0.3 is 9.64 Å². The number of hydrogen-bond acceptors (Lipinski definition) is 3. The molecule has 1 fully saturated rings. The number of benzene rings is 1. The fourth-order valence-corrected chi connectivity index (χ4v) is 3.82. The first-order valence-electron chi connectivity index (χ1n) is 8.86. The molecule has 2 aromatic rings. The van der Waals surface area contributed by atoms with Gasteiger partial charge in [0, 0.05) is 10.6 Å². The second kappa shape index (κ2) is 7.94. The lowest BCUT2D eigenvalue weighted by Crippen LogP contribution is -3.13. The number of hydrogen-bond donors (Lipinski definition) is 1. The summed E-state index contributed by atoms with van der Waals surface area (Å²) in [7, 11) is 1.69. The van der Waals surface area contributed by atoms with Gasteiger partial charge in [-0.05, 0) is 43.7 Å². The molecule has 0 bridgehead atoms. The molecule has 136 valence electrons. The number of nitriles is 1. The fourth-order valence-electron chi connectivity index (χ4n) is 3.63.